The van der Waals surface area contributed by atoms with Crippen LogP contribution in [0.1, 0.15) is 30.4 Å². The first-order chi connectivity index (χ1) is 16.1. The van der Waals surface area contributed by atoms with Gasteiger partial charge >= 0.3 is 0 Å². The molecule has 34 heavy (non-hydrogen) atoms. The van der Waals surface area contributed by atoms with Crippen LogP contribution >= 0.6 is 11.6 Å². The molecule has 0 aromatic carbocycles. The van der Waals surface area contributed by atoms with Gasteiger partial charge in [0.1, 0.15) is 6.61 Å². The summed E-state index contributed by atoms with van der Waals surface area (Å²) >= 11 is 5.88. The number of imidazole rings is 1. The molecule has 0 atom stereocenters. The van der Waals surface area contributed by atoms with Crippen molar-refractivity contribution in [3.05, 3.63) is 29.3 Å². The highest BCUT2D eigenvalue weighted by molar-refractivity contribution is 7.85. The highest BCUT2D eigenvalue weighted by Gasteiger charge is 2.32. The van der Waals surface area contributed by atoms with Crippen molar-refractivity contribution in [1.82, 2.24) is 29.8 Å². The van der Waals surface area contributed by atoms with E-state index in [1.165, 1.54) is 23.0 Å². The molecule has 0 spiro atoms. The lowest BCUT2D eigenvalue weighted by Crippen LogP contribution is -2.50. The number of ether oxygens (including phenoxy) is 2. The van der Waals surface area contributed by atoms with E-state index in [0.717, 1.165) is 0 Å². The predicted octanol–water partition coefficient (Wildman–Crippen LogP) is 2.88. The number of nitrogens with one attached hydrogen (secondary N) is 1. The fourth-order valence-electron chi connectivity index (χ4n) is 3.39. The number of halogens is 3. The second kappa shape index (κ2) is 9.74. The smallest absolute Gasteiger partial charge is 0.287 e. The average Bonchev–Trinajstić information content (AvgIpc) is 3.12. The molecule has 1 saturated heterocycles. The number of hydrogen-bond donors (Lipinski definition) is 1. The number of carbonyl (C=O) groups is 1. The van der Waals surface area contributed by atoms with Gasteiger partial charge in [0, 0.05) is 47.2 Å². The Bertz CT molecular complexity index is 1250. The van der Waals surface area contributed by atoms with Crippen LogP contribution < -0.4 is 14.8 Å². The van der Waals surface area contributed by atoms with Gasteiger partial charge in [0.15, 0.2) is 17.0 Å². The van der Waals surface area contributed by atoms with E-state index in [4.69, 9.17) is 21.1 Å². The van der Waals surface area contributed by atoms with Crippen molar-refractivity contribution in [2.45, 2.75) is 31.7 Å². The molecule has 1 N–H and O–H groups in total. The summed E-state index contributed by atoms with van der Waals surface area (Å²) in [6, 6.07) is 1.30. The van der Waals surface area contributed by atoms with Crippen LogP contribution in [0.5, 0.6) is 17.5 Å². The third-order valence-corrected chi connectivity index (χ3v) is 6.82. The van der Waals surface area contributed by atoms with Crippen LogP contribution in [0.25, 0.3) is 11.3 Å². The predicted molar refractivity (Wildman–Crippen MR) is 120 cm³/mol. The zero-order chi connectivity index (χ0) is 24.5. The second-order valence-corrected chi connectivity index (χ2v) is 10.1. The molecule has 1 aliphatic heterocycles. The van der Waals surface area contributed by atoms with Crippen LogP contribution in [-0.4, -0.2) is 64.7 Å². The fraction of sp³-hybridized carbons (Fsp3) is 0.450. The zero-order valence-corrected chi connectivity index (χ0v) is 19.8. The van der Waals surface area contributed by atoms with Crippen LogP contribution in [0.4, 0.5) is 8.78 Å². The Labute approximate surface area is 200 Å². The molecule has 14 heteroatoms. The van der Waals surface area contributed by atoms with E-state index in [0.29, 0.717) is 24.3 Å². The lowest BCUT2D eigenvalue weighted by molar-refractivity contribution is 0.0803. The lowest BCUT2D eigenvalue weighted by atomic mass is 9.95. The molecule has 0 aliphatic carbocycles. The van der Waals surface area contributed by atoms with E-state index in [-0.39, 0.29) is 39.7 Å². The van der Waals surface area contributed by atoms with Crippen molar-refractivity contribution in [3.63, 3.8) is 0 Å². The van der Waals surface area contributed by atoms with Crippen molar-refractivity contribution < 1.29 is 27.3 Å². The molecule has 3 aromatic rings. The first-order valence-electron chi connectivity index (χ1n) is 10.2. The Kier molecular flexibility index (Phi) is 6.94. The Morgan fingerprint density at radius 1 is 1.29 bits per heavy atom. The molecule has 1 fully saturated rings. The van der Waals surface area contributed by atoms with Gasteiger partial charge in [0.25, 0.3) is 18.2 Å². The maximum atomic E-state index is 12.9. The molecular formula is C20H21ClF2N6O4S. The van der Waals surface area contributed by atoms with Crippen LogP contribution in [0.2, 0.25) is 5.02 Å². The summed E-state index contributed by atoms with van der Waals surface area (Å²) < 4.78 is 48.9. The van der Waals surface area contributed by atoms with Gasteiger partial charge in [0.2, 0.25) is 11.7 Å². The largest absolute Gasteiger partial charge is 0.482 e. The molecule has 1 amide bonds. The minimum Gasteiger partial charge on any atom is -0.482 e. The monoisotopic (exact) mass is 514 g/mol. The van der Waals surface area contributed by atoms with Gasteiger partial charge in [-0.1, -0.05) is 11.6 Å². The van der Waals surface area contributed by atoms with Gasteiger partial charge in [-0.05, 0) is 19.8 Å². The normalized spacial score (nSPS) is 20.5. The maximum absolute atomic E-state index is 12.9. The molecule has 3 aromatic heterocycles. The van der Waals surface area contributed by atoms with Gasteiger partial charge in [-0.25, -0.2) is 23.7 Å². The number of aryl methyl sites for hydroxylation is 1. The second-order valence-electron chi connectivity index (χ2n) is 7.97. The van der Waals surface area contributed by atoms with Crippen molar-refractivity contribution in [2.24, 2.45) is 7.05 Å². The molecule has 0 radical (unpaired) electrons. The van der Waals surface area contributed by atoms with Gasteiger partial charge < -0.3 is 19.4 Å². The molecule has 10 nitrogen and oxygen atoms in total. The third-order valence-electron chi connectivity index (χ3n) is 5.29. The van der Waals surface area contributed by atoms with E-state index >= 15 is 0 Å². The topological polar surface area (TPSA) is 121 Å². The first kappa shape index (κ1) is 24.2. The number of carbonyl (C=O) groups excluding carboxylic acids is 1. The summed E-state index contributed by atoms with van der Waals surface area (Å²) in [5.74, 6) is 0.548. The summed E-state index contributed by atoms with van der Waals surface area (Å²) in [6.45, 7) is 1.05. The quantitative estimate of drug-likeness (QED) is 0.511. The van der Waals surface area contributed by atoms with Gasteiger partial charge in [0.05, 0.1) is 11.2 Å². The Morgan fingerprint density at radius 3 is 2.74 bits per heavy atom. The van der Waals surface area contributed by atoms with Crippen molar-refractivity contribution in [3.8, 4) is 17.5 Å². The molecule has 182 valence electrons. The fourth-order valence-corrected chi connectivity index (χ4v) is 5.10. The summed E-state index contributed by atoms with van der Waals surface area (Å²) in [4.78, 5) is 29.7. The van der Waals surface area contributed by atoms with Crippen molar-refractivity contribution in [2.75, 3.05) is 18.1 Å². The first-order valence-corrected chi connectivity index (χ1v) is 12.1. The van der Waals surface area contributed by atoms with E-state index in [2.05, 4.69) is 25.3 Å². The lowest BCUT2D eigenvalue weighted by Gasteiger charge is -2.33. The van der Waals surface area contributed by atoms with Crippen molar-refractivity contribution in [1.29, 1.82) is 0 Å². The van der Waals surface area contributed by atoms with E-state index < -0.39 is 35.3 Å². The maximum Gasteiger partial charge on any atom is 0.287 e. The number of fused-ring (bicyclic) bond motifs is 1. The number of hydrogen-bond acceptors (Lipinski definition) is 8. The molecule has 0 unspecified atom stereocenters. The van der Waals surface area contributed by atoms with Crippen LogP contribution in [0.3, 0.4) is 0 Å². The summed E-state index contributed by atoms with van der Waals surface area (Å²) in [6.07, 6.45) is 1.05. The summed E-state index contributed by atoms with van der Waals surface area (Å²) in [5.41, 5.74) is 0.00218. The van der Waals surface area contributed by atoms with Crippen LogP contribution in [-0.2, 0) is 17.8 Å². The molecule has 1 aliphatic rings. The third kappa shape index (κ3) is 5.41. The highest BCUT2D eigenvalue weighted by Crippen LogP contribution is 2.31. The average molecular weight is 515 g/mol. The standard InChI is InChI=1S/C20H21ClF2N6O4S/c1-20(3-5-34(31)6-4-20)28-18(30)17-27-15-16(29(17)2)26-14(9-24-15)33-19-12(32-10-13(22)23)7-11(21)8-25-19/h7-9,13H,3-6,10H2,1-2H3,(H,28,30). The molecule has 0 bridgehead atoms. The number of amides is 1. The van der Waals surface area contributed by atoms with Crippen molar-refractivity contribution >= 4 is 39.6 Å². The van der Waals surface area contributed by atoms with Gasteiger partial charge in [-0.15, -0.1) is 0 Å². The minimum atomic E-state index is -2.69. The summed E-state index contributed by atoms with van der Waals surface area (Å²) in [7, 11) is 0.756. The van der Waals surface area contributed by atoms with E-state index in [1.54, 1.807) is 7.05 Å². The van der Waals surface area contributed by atoms with E-state index in [1.807, 2.05) is 6.92 Å². The molecule has 4 rings (SSSR count). The van der Waals surface area contributed by atoms with E-state index in [9.17, 15) is 17.8 Å². The Hall–Kier alpha value is -2.93. The number of rotatable bonds is 7. The molecule has 4 heterocycles. The SMILES string of the molecule is Cn1c(C(=O)NC2(C)CCS(=O)CC2)nc2ncc(Oc3ncc(Cl)cc3OCC(F)F)nc21. The summed E-state index contributed by atoms with van der Waals surface area (Å²) in [5, 5.41) is 3.16. The molecule has 0 saturated carbocycles. The highest BCUT2D eigenvalue weighted by atomic mass is 35.5. The number of aromatic nitrogens is 5. The Morgan fingerprint density at radius 2 is 2.03 bits per heavy atom. The zero-order valence-electron chi connectivity index (χ0n) is 18.3. The minimum absolute atomic E-state index is 0.0131. The number of nitrogens with zero attached hydrogens (tertiary/aromatic N) is 5. The number of pyridine rings is 1. The Balaban J connectivity index is 1.56. The number of alkyl halides is 2. The molecular weight excluding hydrogens is 494 g/mol. The van der Waals surface area contributed by atoms with Gasteiger partial charge in [-0.3, -0.25) is 9.00 Å². The van der Waals surface area contributed by atoms with Crippen LogP contribution in [0.15, 0.2) is 18.5 Å². The van der Waals surface area contributed by atoms with Crippen LogP contribution in [0, 0.1) is 0 Å². The van der Waals surface area contributed by atoms with Gasteiger partial charge in [-0.2, -0.15) is 4.98 Å².